The highest BCUT2D eigenvalue weighted by Gasteiger charge is 2.09. The van der Waals surface area contributed by atoms with E-state index in [0.29, 0.717) is 5.75 Å². The van der Waals surface area contributed by atoms with Gasteiger partial charge in [0.2, 0.25) is 0 Å². The SMILES string of the molecule is CCCCCCC(N)c1ccccc1O. The predicted molar refractivity (Wildman–Crippen MR) is 63.8 cm³/mol. The minimum atomic E-state index is -0.0249. The minimum Gasteiger partial charge on any atom is -0.508 e. The van der Waals surface area contributed by atoms with Crippen molar-refractivity contribution < 1.29 is 5.11 Å². The second kappa shape index (κ2) is 6.46. The number of rotatable bonds is 6. The Morgan fingerprint density at radius 2 is 1.93 bits per heavy atom. The number of para-hydroxylation sites is 1. The normalized spacial score (nSPS) is 12.7. The third-order valence-corrected chi connectivity index (χ3v) is 2.70. The summed E-state index contributed by atoms with van der Waals surface area (Å²) in [5, 5.41) is 9.60. The number of aromatic hydroxyl groups is 1. The third kappa shape index (κ3) is 3.92. The molecule has 1 atom stereocenters. The molecule has 1 aromatic carbocycles. The fraction of sp³-hybridized carbons (Fsp3) is 0.538. The zero-order valence-corrected chi connectivity index (χ0v) is 9.45. The van der Waals surface area contributed by atoms with E-state index in [-0.39, 0.29) is 6.04 Å². The van der Waals surface area contributed by atoms with Crippen molar-refractivity contribution in [3.63, 3.8) is 0 Å². The Balaban J connectivity index is 2.40. The maximum atomic E-state index is 9.60. The van der Waals surface area contributed by atoms with E-state index in [2.05, 4.69) is 6.92 Å². The van der Waals surface area contributed by atoms with Crippen LogP contribution in [0.4, 0.5) is 0 Å². The topological polar surface area (TPSA) is 46.2 Å². The van der Waals surface area contributed by atoms with Crippen molar-refractivity contribution in [3.8, 4) is 5.75 Å². The predicted octanol–water partition coefficient (Wildman–Crippen LogP) is 3.36. The average molecular weight is 207 g/mol. The third-order valence-electron chi connectivity index (χ3n) is 2.70. The fourth-order valence-corrected chi connectivity index (χ4v) is 1.75. The molecule has 2 heteroatoms. The molecule has 0 aliphatic heterocycles. The maximum Gasteiger partial charge on any atom is 0.120 e. The number of phenolic OH excluding ortho intramolecular Hbond substituents is 1. The molecule has 84 valence electrons. The van der Waals surface area contributed by atoms with E-state index in [9.17, 15) is 5.11 Å². The summed E-state index contributed by atoms with van der Waals surface area (Å²) < 4.78 is 0. The Morgan fingerprint density at radius 1 is 1.20 bits per heavy atom. The number of benzene rings is 1. The molecule has 15 heavy (non-hydrogen) atoms. The van der Waals surface area contributed by atoms with Gasteiger partial charge in [-0.1, -0.05) is 50.8 Å². The van der Waals surface area contributed by atoms with Crippen LogP contribution in [0.3, 0.4) is 0 Å². The summed E-state index contributed by atoms with van der Waals surface area (Å²) in [6.45, 7) is 2.20. The van der Waals surface area contributed by atoms with Gasteiger partial charge in [0.1, 0.15) is 5.75 Å². The standard InChI is InChI=1S/C13H21NO/c1-2-3-4-5-9-12(14)11-8-6-7-10-13(11)15/h6-8,10,12,15H,2-5,9,14H2,1H3. The van der Waals surface area contributed by atoms with E-state index in [1.807, 2.05) is 18.2 Å². The lowest BCUT2D eigenvalue weighted by Crippen LogP contribution is -2.10. The largest absolute Gasteiger partial charge is 0.508 e. The van der Waals surface area contributed by atoms with Gasteiger partial charge in [-0.3, -0.25) is 0 Å². The molecule has 0 aliphatic rings. The molecule has 0 radical (unpaired) electrons. The Kier molecular flexibility index (Phi) is 5.19. The van der Waals surface area contributed by atoms with Crippen LogP contribution in [0.2, 0.25) is 0 Å². The highest BCUT2D eigenvalue weighted by atomic mass is 16.3. The van der Waals surface area contributed by atoms with Crippen LogP contribution in [0.25, 0.3) is 0 Å². The van der Waals surface area contributed by atoms with Gasteiger partial charge in [-0.25, -0.2) is 0 Å². The first kappa shape index (κ1) is 12.1. The summed E-state index contributed by atoms with van der Waals surface area (Å²) in [5.74, 6) is 0.320. The van der Waals surface area contributed by atoms with E-state index in [4.69, 9.17) is 5.73 Å². The van der Waals surface area contributed by atoms with E-state index in [1.165, 1.54) is 19.3 Å². The van der Waals surface area contributed by atoms with Crippen LogP contribution in [0.5, 0.6) is 5.75 Å². The first-order valence-corrected chi connectivity index (χ1v) is 5.79. The summed E-state index contributed by atoms with van der Waals surface area (Å²) in [5.41, 5.74) is 6.89. The van der Waals surface area contributed by atoms with Crippen molar-refractivity contribution in [2.24, 2.45) is 5.73 Å². The van der Waals surface area contributed by atoms with Crippen LogP contribution < -0.4 is 5.73 Å². The maximum absolute atomic E-state index is 9.60. The summed E-state index contributed by atoms with van der Waals surface area (Å²) in [6, 6.07) is 7.31. The van der Waals surface area contributed by atoms with E-state index < -0.39 is 0 Å². The molecule has 0 heterocycles. The van der Waals surface area contributed by atoms with Gasteiger partial charge in [0.15, 0.2) is 0 Å². The van der Waals surface area contributed by atoms with Crippen molar-refractivity contribution in [3.05, 3.63) is 29.8 Å². The smallest absolute Gasteiger partial charge is 0.120 e. The molecule has 1 aromatic rings. The van der Waals surface area contributed by atoms with Gasteiger partial charge in [0, 0.05) is 11.6 Å². The fourth-order valence-electron chi connectivity index (χ4n) is 1.75. The zero-order valence-electron chi connectivity index (χ0n) is 9.45. The number of phenols is 1. The number of unbranched alkanes of at least 4 members (excludes halogenated alkanes) is 3. The molecule has 1 unspecified atom stereocenters. The summed E-state index contributed by atoms with van der Waals surface area (Å²) in [4.78, 5) is 0. The molecule has 0 saturated carbocycles. The Morgan fingerprint density at radius 3 is 2.60 bits per heavy atom. The van der Waals surface area contributed by atoms with Gasteiger partial charge in [-0.2, -0.15) is 0 Å². The van der Waals surface area contributed by atoms with Crippen LogP contribution in [0.15, 0.2) is 24.3 Å². The first-order valence-electron chi connectivity index (χ1n) is 5.79. The van der Waals surface area contributed by atoms with Gasteiger partial charge in [0.05, 0.1) is 0 Å². The van der Waals surface area contributed by atoms with E-state index in [0.717, 1.165) is 18.4 Å². The zero-order chi connectivity index (χ0) is 11.1. The summed E-state index contributed by atoms with van der Waals surface area (Å²) in [7, 11) is 0. The van der Waals surface area contributed by atoms with E-state index in [1.54, 1.807) is 6.07 Å². The molecule has 0 bridgehead atoms. The molecular formula is C13H21NO. The molecule has 0 fully saturated rings. The monoisotopic (exact) mass is 207 g/mol. The van der Waals surface area contributed by atoms with Crippen LogP contribution in [-0.4, -0.2) is 5.11 Å². The highest BCUT2D eigenvalue weighted by molar-refractivity contribution is 5.34. The number of hydrogen-bond acceptors (Lipinski definition) is 2. The van der Waals surface area contributed by atoms with Crippen LogP contribution in [0.1, 0.15) is 50.6 Å². The second-order valence-corrected chi connectivity index (χ2v) is 4.01. The molecule has 1 rings (SSSR count). The first-order chi connectivity index (χ1) is 7.25. The molecule has 2 nitrogen and oxygen atoms in total. The second-order valence-electron chi connectivity index (χ2n) is 4.01. The van der Waals surface area contributed by atoms with Gasteiger partial charge in [0.25, 0.3) is 0 Å². The summed E-state index contributed by atoms with van der Waals surface area (Å²) >= 11 is 0. The van der Waals surface area contributed by atoms with Gasteiger partial charge < -0.3 is 10.8 Å². The Bertz CT molecular complexity index is 286. The lowest BCUT2D eigenvalue weighted by atomic mass is 10.0. The number of hydrogen-bond donors (Lipinski definition) is 2. The average Bonchev–Trinajstić information content (AvgIpc) is 2.25. The van der Waals surface area contributed by atoms with Crippen molar-refractivity contribution in [1.29, 1.82) is 0 Å². The summed E-state index contributed by atoms with van der Waals surface area (Å²) in [6.07, 6.45) is 5.85. The van der Waals surface area contributed by atoms with Crippen molar-refractivity contribution in [2.45, 2.75) is 45.1 Å². The Labute approximate surface area is 92.1 Å². The molecule has 0 saturated heterocycles. The minimum absolute atomic E-state index is 0.0249. The van der Waals surface area contributed by atoms with Gasteiger partial charge in [-0.05, 0) is 12.5 Å². The quantitative estimate of drug-likeness (QED) is 0.702. The lowest BCUT2D eigenvalue weighted by Gasteiger charge is -2.13. The van der Waals surface area contributed by atoms with Crippen LogP contribution in [-0.2, 0) is 0 Å². The lowest BCUT2D eigenvalue weighted by molar-refractivity contribution is 0.455. The van der Waals surface area contributed by atoms with Crippen molar-refractivity contribution in [1.82, 2.24) is 0 Å². The van der Waals surface area contributed by atoms with E-state index >= 15 is 0 Å². The molecule has 0 aromatic heterocycles. The molecular weight excluding hydrogens is 186 g/mol. The van der Waals surface area contributed by atoms with Gasteiger partial charge in [-0.15, -0.1) is 0 Å². The van der Waals surface area contributed by atoms with Crippen molar-refractivity contribution >= 4 is 0 Å². The molecule has 0 aliphatic carbocycles. The Hall–Kier alpha value is -1.02. The van der Waals surface area contributed by atoms with Crippen LogP contribution in [0, 0.1) is 0 Å². The van der Waals surface area contributed by atoms with Crippen molar-refractivity contribution in [2.75, 3.05) is 0 Å². The molecule has 0 spiro atoms. The number of nitrogens with two attached hydrogens (primary N) is 1. The van der Waals surface area contributed by atoms with Crippen LogP contribution >= 0.6 is 0 Å². The highest BCUT2D eigenvalue weighted by Crippen LogP contribution is 2.25. The molecule has 3 N–H and O–H groups in total. The van der Waals surface area contributed by atoms with Gasteiger partial charge >= 0.3 is 0 Å². The molecule has 0 amide bonds.